The quantitative estimate of drug-likeness (QED) is 0.691. The fraction of sp³-hybridized carbons (Fsp3) is 0.375. The first-order valence-electron chi connectivity index (χ1n) is 7.63. The maximum atomic E-state index is 12.8. The zero-order valence-corrected chi connectivity index (χ0v) is 15.3. The van der Waals surface area contributed by atoms with Crippen molar-refractivity contribution >= 4 is 38.8 Å². The highest BCUT2D eigenvalue weighted by Gasteiger charge is 2.20. The van der Waals surface area contributed by atoms with Gasteiger partial charge < -0.3 is 19.0 Å². The molecular formula is C16H19BrN4O3. The number of nitrogens with one attached hydrogen (secondary N) is 1. The summed E-state index contributed by atoms with van der Waals surface area (Å²) in [6.07, 6.45) is 1.67. The number of fused-ring (bicyclic) bond motifs is 1. The number of hydrogen-bond donors (Lipinski definition) is 1. The number of carbonyl (C=O) groups excluding carboxylic acids is 1. The summed E-state index contributed by atoms with van der Waals surface area (Å²) in [5, 5.41) is 7.15. The van der Waals surface area contributed by atoms with Crippen LogP contribution in [0.1, 0.15) is 30.4 Å². The van der Waals surface area contributed by atoms with Crippen LogP contribution in [-0.2, 0) is 11.3 Å². The molecule has 0 spiro atoms. The van der Waals surface area contributed by atoms with E-state index in [1.165, 1.54) is 0 Å². The number of anilines is 1. The van der Waals surface area contributed by atoms with Crippen LogP contribution in [0.2, 0.25) is 0 Å². The smallest absolute Gasteiger partial charge is 0.273 e. The summed E-state index contributed by atoms with van der Waals surface area (Å²) in [7, 11) is 1.63. The van der Waals surface area contributed by atoms with Crippen molar-refractivity contribution in [2.75, 3.05) is 19.0 Å². The number of furan rings is 1. The fourth-order valence-corrected chi connectivity index (χ4v) is 3.02. The molecule has 0 saturated carbocycles. The maximum Gasteiger partial charge on any atom is 0.273 e. The van der Waals surface area contributed by atoms with Crippen LogP contribution in [0.25, 0.3) is 11.1 Å². The second-order valence-electron chi connectivity index (χ2n) is 5.68. The van der Waals surface area contributed by atoms with Gasteiger partial charge in [-0.05, 0) is 29.8 Å². The van der Waals surface area contributed by atoms with Crippen molar-refractivity contribution < 1.29 is 13.9 Å². The Morgan fingerprint density at radius 2 is 2.25 bits per heavy atom. The van der Waals surface area contributed by atoms with Gasteiger partial charge in [0.1, 0.15) is 11.5 Å². The summed E-state index contributed by atoms with van der Waals surface area (Å²) in [5.41, 5.74) is 2.02. The number of ether oxygens (including phenoxy) is 1. The van der Waals surface area contributed by atoms with Gasteiger partial charge in [-0.3, -0.25) is 4.79 Å². The summed E-state index contributed by atoms with van der Waals surface area (Å²) >= 11 is 3.32. The first kappa shape index (κ1) is 16.8. The molecule has 0 aliphatic carbocycles. The van der Waals surface area contributed by atoms with Gasteiger partial charge in [0.05, 0.1) is 18.3 Å². The molecule has 3 heterocycles. The number of amides is 1. The number of nitrogens with zero attached hydrogens (tertiary/aromatic N) is 3. The van der Waals surface area contributed by atoms with E-state index in [2.05, 4.69) is 26.3 Å². The number of halogens is 1. The maximum absolute atomic E-state index is 12.8. The molecule has 0 bridgehead atoms. The number of aromatic nitrogens is 3. The van der Waals surface area contributed by atoms with Crippen LogP contribution in [-0.4, -0.2) is 34.0 Å². The molecular weight excluding hydrogens is 376 g/mol. The summed E-state index contributed by atoms with van der Waals surface area (Å²) in [6.45, 7) is 5.07. The van der Waals surface area contributed by atoms with Gasteiger partial charge in [0.25, 0.3) is 5.91 Å². The predicted molar refractivity (Wildman–Crippen MR) is 94.3 cm³/mol. The van der Waals surface area contributed by atoms with E-state index in [-0.39, 0.29) is 11.9 Å². The van der Waals surface area contributed by atoms with Gasteiger partial charge >= 0.3 is 0 Å². The van der Waals surface area contributed by atoms with Gasteiger partial charge in [0, 0.05) is 37.9 Å². The molecule has 0 fully saturated rings. The zero-order valence-electron chi connectivity index (χ0n) is 13.7. The van der Waals surface area contributed by atoms with Crippen molar-refractivity contribution in [1.29, 1.82) is 0 Å². The molecule has 0 saturated heterocycles. The molecule has 0 aromatic carbocycles. The molecule has 0 radical (unpaired) electrons. The Morgan fingerprint density at radius 1 is 1.46 bits per heavy atom. The van der Waals surface area contributed by atoms with Gasteiger partial charge in [-0.25, -0.2) is 4.68 Å². The average molecular weight is 395 g/mol. The number of carbonyl (C=O) groups is 1. The Hall–Kier alpha value is -2.06. The minimum absolute atomic E-state index is 0.155. The lowest BCUT2D eigenvalue weighted by molar-refractivity contribution is 0.101. The standard InChI is InChI=1S/C16H19BrN4O3/c1-10(2)21-15(4-5-18-21)19-16(22)12-8-13-11(9-14(17)24-13)20(12)6-7-23-3/h4-5,8-10H,6-7H2,1-3H3,(H,19,22). The van der Waals surface area contributed by atoms with E-state index in [1.54, 1.807) is 30.1 Å². The van der Waals surface area contributed by atoms with Crippen LogP contribution >= 0.6 is 15.9 Å². The summed E-state index contributed by atoms with van der Waals surface area (Å²) < 4.78 is 15.0. The number of rotatable bonds is 6. The lowest BCUT2D eigenvalue weighted by Gasteiger charge is -2.13. The number of methoxy groups -OCH3 is 1. The van der Waals surface area contributed by atoms with Crippen LogP contribution in [0, 0.1) is 0 Å². The van der Waals surface area contributed by atoms with E-state index >= 15 is 0 Å². The molecule has 3 rings (SSSR count). The van der Waals surface area contributed by atoms with E-state index in [4.69, 9.17) is 9.15 Å². The Bertz CT molecular complexity index is 862. The summed E-state index contributed by atoms with van der Waals surface area (Å²) in [6, 6.07) is 5.52. The lowest BCUT2D eigenvalue weighted by atomic mass is 10.3. The van der Waals surface area contributed by atoms with Gasteiger partial charge in [-0.2, -0.15) is 5.10 Å². The Morgan fingerprint density at radius 3 is 2.96 bits per heavy atom. The normalized spacial score (nSPS) is 11.5. The van der Waals surface area contributed by atoms with Gasteiger partial charge in [-0.1, -0.05) is 0 Å². The average Bonchev–Trinajstić information content (AvgIpc) is 3.19. The molecule has 0 unspecified atom stereocenters. The number of hydrogen-bond acceptors (Lipinski definition) is 4. The predicted octanol–water partition coefficient (Wildman–Crippen LogP) is 3.67. The van der Waals surface area contributed by atoms with E-state index in [0.717, 1.165) is 5.52 Å². The van der Waals surface area contributed by atoms with E-state index < -0.39 is 0 Å². The van der Waals surface area contributed by atoms with Crippen LogP contribution in [0.4, 0.5) is 5.82 Å². The van der Waals surface area contributed by atoms with Gasteiger partial charge in [0.15, 0.2) is 10.3 Å². The second kappa shape index (κ2) is 6.82. The van der Waals surface area contributed by atoms with Gasteiger partial charge in [-0.15, -0.1) is 0 Å². The van der Waals surface area contributed by atoms with E-state index in [0.29, 0.717) is 34.9 Å². The molecule has 0 aliphatic heterocycles. The minimum atomic E-state index is -0.212. The first-order chi connectivity index (χ1) is 11.5. The van der Waals surface area contributed by atoms with Crippen molar-refractivity contribution in [3.8, 4) is 0 Å². The Balaban J connectivity index is 1.93. The Labute approximate surface area is 147 Å². The summed E-state index contributed by atoms with van der Waals surface area (Å²) in [4.78, 5) is 12.8. The molecule has 8 heteroatoms. The van der Waals surface area contributed by atoms with Crippen molar-refractivity contribution in [3.63, 3.8) is 0 Å². The highest BCUT2D eigenvalue weighted by Crippen LogP contribution is 2.27. The van der Waals surface area contributed by atoms with Crippen molar-refractivity contribution in [2.45, 2.75) is 26.4 Å². The third kappa shape index (κ3) is 3.11. The zero-order chi connectivity index (χ0) is 17.3. The third-order valence-electron chi connectivity index (χ3n) is 3.71. The molecule has 0 aliphatic rings. The minimum Gasteiger partial charge on any atom is -0.448 e. The summed E-state index contributed by atoms with van der Waals surface area (Å²) in [5.74, 6) is 0.448. The molecule has 128 valence electrons. The topological polar surface area (TPSA) is 74.2 Å². The molecule has 3 aromatic rings. The second-order valence-corrected chi connectivity index (χ2v) is 6.46. The molecule has 24 heavy (non-hydrogen) atoms. The lowest BCUT2D eigenvalue weighted by Crippen LogP contribution is -2.20. The van der Waals surface area contributed by atoms with Crippen molar-refractivity contribution in [3.05, 3.63) is 34.8 Å². The molecule has 7 nitrogen and oxygen atoms in total. The fourth-order valence-electron chi connectivity index (χ4n) is 2.63. The highest BCUT2D eigenvalue weighted by molar-refractivity contribution is 9.10. The molecule has 1 amide bonds. The monoisotopic (exact) mass is 394 g/mol. The van der Waals surface area contributed by atoms with Crippen LogP contribution < -0.4 is 5.32 Å². The van der Waals surface area contributed by atoms with Gasteiger partial charge in [0.2, 0.25) is 0 Å². The van der Waals surface area contributed by atoms with Crippen molar-refractivity contribution in [2.24, 2.45) is 0 Å². The van der Waals surface area contributed by atoms with E-state index in [1.807, 2.05) is 24.5 Å². The molecule has 3 aromatic heterocycles. The molecule has 0 atom stereocenters. The van der Waals surface area contributed by atoms with Crippen LogP contribution in [0.3, 0.4) is 0 Å². The highest BCUT2D eigenvalue weighted by atomic mass is 79.9. The third-order valence-corrected chi connectivity index (χ3v) is 4.10. The largest absolute Gasteiger partial charge is 0.448 e. The van der Waals surface area contributed by atoms with Crippen LogP contribution in [0.15, 0.2) is 33.5 Å². The SMILES string of the molecule is COCCn1c(C(=O)Nc2ccnn2C(C)C)cc2oc(Br)cc21. The van der Waals surface area contributed by atoms with Crippen LogP contribution in [0.5, 0.6) is 0 Å². The first-order valence-corrected chi connectivity index (χ1v) is 8.43. The Kier molecular flexibility index (Phi) is 4.77. The molecule has 1 N–H and O–H groups in total. The van der Waals surface area contributed by atoms with E-state index in [9.17, 15) is 4.79 Å². The van der Waals surface area contributed by atoms with Crippen molar-refractivity contribution in [1.82, 2.24) is 14.3 Å².